The van der Waals surface area contributed by atoms with Crippen LogP contribution >= 0.6 is 0 Å². The molecular weight excluding hydrogens is 532 g/mol. The fourth-order valence-electron chi connectivity index (χ4n) is 6.56. The number of rotatable bonds is 5. The number of hydrogen-bond acceptors (Lipinski definition) is 1. The molecule has 0 saturated carbocycles. The quantitative estimate of drug-likeness (QED) is 0.126. The lowest BCUT2D eigenvalue weighted by molar-refractivity contribution is 1.06. The van der Waals surface area contributed by atoms with Crippen molar-refractivity contribution < 1.29 is 0 Å². The van der Waals surface area contributed by atoms with E-state index in [1.807, 2.05) is 24.3 Å². The lowest BCUT2D eigenvalue weighted by atomic mass is 9.86. The highest BCUT2D eigenvalue weighted by molar-refractivity contribution is 6.33. The molecule has 0 radical (unpaired) electrons. The summed E-state index contributed by atoms with van der Waals surface area (Å²) < 4.78 is 0. The van der Waals surface area contributed by atoms with Gasteiger partial charge in [-0.1, -0.05) is 140 Å². The third-order valence-electron chi connectivity index (χ3n) is 8.69. The molecule has 0 bridgehead atoms. The third-order valence-corrected chi connectivity index (χ3v) is 8.69. The lowest BCUT2D eigenvalue weighted by Crippen LogP contribution is -2.13. The van der Waals surface area contributed by atoms with Crippen molar-refractivity contribution in [1.82, 2.24) is 0 Å². The van der Waals surface area contributed by atoms with Crippen molar-refractivity contribution in [3.05, 3.63) is 169 Å². The Labute approximate surface area is 256 Å². The van der Waals surface area contributed by atoms with Gasteiger partial charge in [-0.15, -0.1) is 0 Å². The lowest BCUT2D eigenvalue weighted by Gasteiger charge is -2.17. The standard InChI is InChI=1S/C42H30N2/c43-42(44-27-28-12-3-1-4-13-28)32-17-11-16-30(24-32)31-22-23-37-39(25-31)33-18-7-8-19-34(33)40-26-38(29-14-5-2-6-15-29)35-20-9-10-21-36(35)41(37)40/h1-26H,27H2,(H2,43,44). The van der Waals surface area contributed by atoms with Gasteiger partial charge in [-0.05, 0) is 89.1 Å². The molecular formula is C42H30N2. The molecule has 0 fully saturated rings. The van der Waals surface area contributed by atoms with E-state index in [4.69, 9.17) is 5.73 Å². The van der Waals surface area contributed by atoms with E-state index >= 15 is 0 Å². The Morgan fingerprint density at radius 1 is 0.432 bits per heavy atom. The minimum absolute atomic E-state index is 0.550. The fourth-order valence-corrected chi connectivity index (χ4v) is 6.56. The summed E-state index contributed by atoms with van der Waals surface area (Å²) in [6.07, 6.45) is 0. The molecule has 0 spiro atoms. The molecule has 0 saturated heterocycles. The first-order chi connectivity index (χ1) is 21.7. The topological polar surface area (TPSA) is 38.4 Å². The molecule has 0 aromatic heterocycles. The van der Waals surface area contributed by atoms with Gasteiger partial charge in [-0.25, -0.2) is 0 Å². The van der Waals surface area contributed by atoms with E-state index in [9.17, 15) is 0 Å². The summed E-state index contributed by atoms with van der Waals surface area (Å²) in [5, 5.41) is 10.2. The Hall–Kier alpha value is -5.73. The van der Waals surface area contributed by atoms with Crippen LogP contribution in [0.3, 0.4) is 0 Å². The SMILES string of the molecule is NC(=NCc1ccccc1)c1cccc(-c2ccc3c(c2)c2ccccc2c2cc(-c4ccccc4)c4ccccc4c32)c1. The molecule has 0 unspecified atom stereocenters. The predicted octanol–water partition coefficient (Wildman–Crippen LogP) is 10.5. The van der Waals surface area contributed by atoms with Crippen molar-refractivity contribution >= 4 is 48.9 Å². The van der Waals surface area contributed by atoms with E-state index in [1.165, 1.54) is 54.2 Å². The van der Waals surface area contributed by atoms with Gasteiger partial charge in [0.05, 0.1) is 6.54 Å². The summed E-state index contributed by atoms with van der Waals surface area (Å²) in [5.41, 5.74) is 13.3. The van der Waals surface area contributed by atoms with E-state index in [0.29, 0.717) is 12.4 Å². The molecule has 2 N–H and O–H groups in total. The van der Waals surface area contributed by atoms with Crippen molar-refractivity contribution in [3.8, 4) is 22.3 Å². The maximum atomic E-state index is 6.47. The average Bonchev–Trinajstić information content (AvgIpc) is 3.11. The average molecular weight is 563 g/mol. The van der Waals surface area contributed by atoms with Gasteiger partial charge in [-0.2, -0.15) is 0 Å². The van der Waals surface area contributed by atoms with E-state index in [-0.39, 0.29) is 0 Å². The Balaban J connectivity index is 1.32. The minimum atomic E-state index is 0.550. The zero-order chi connectivity index (χ0) is 29.5. The summed E-state index contributed by atoms with van der Waals surface area (Å²) in [6, 6.07) is 56.2. The van der Waals surface area contributed by atoms with Gasteiger partial charge in [0.15, 0.2) is 0 Å². The third kappa shape index (κ3) is 4.49. The number of fused-ring (bicyclic) bond motifs is 8. The van der Waals surface area contributed by atoms with Gasteiger partial charge < -0.3 is 5.73 Å². The van der Waals surface area contributed by atoms with Gasteiger partial charge in [0, 0.05) is 5.56 Å². The summed E-state index contributed by atoms with van der Waals surface area (Å²) >= 11 is 0. The van der Waals surface area contributed by atoms with E-state index in [0.717, 1.165) is 22.3 Å². The molecule has 2 heteroatoms. The van der Waals surface area contributed by atoms with Gasteiger partial charge in [-0.3, -0.25) is 4.99 Å². The maximum absolute atomic E-state index is 6.47. The fraction of sp³-hybridized carbons (Fsp3) is 0.0238. The zero-order valence-electron chi connectivity index (χ0n) is 24.2. The smallest absolute Gasteiger partial charge is 0.125 e. The van der Waals surface area contributed by atoms with Crippen molar-refractivity contribution in [1.29, 1.82) is 0 Å². The van der Waals surface area contributed by atoms with E-state index in [2.05, 4.69) is 138 Å². The minimum Gasteiger partial charge on any atom is -0.383 e. The highest BCUT2D eigenvalue weighted by atomic mass is 14.8. The van der Waals surface area contributed by atoms with Crippen LogP contribution in [-0.2, 0) is 6.54 Å². The first-order valence-electron chi connectivity index (χ1n) is 15.0. The molecule has 0 heterocycles. The van der Waals surface area contributed by atoms with Crippen molar-refractivity contribution in [2.45, 2.75) is 6.54 Å². The molecule has 8 aromatic carbocycles. The molecule has 8 rings (SSSR count). The Bertz CT molecular complexity index is 2350. The Morgan fingerprint density at radius 2 is 1.02 bits per heavy atom. The molecule has 0 aliphatic carbocycles. The monoisotopic (exact) mass is 562 g/mol. The summed E-state index contributed by atoms with van der Waals surface area (Å²) in [7, 11) is 0. The van der Waals surface area contributed by atoms with Gasteiger partial charge in [0.2, 0.25) is 0 Å². The summed E-state index contributed by atoms with van der Waals surface area (Å²) in [5.74, 6) is 0.550. The van der Waals surface area contributed by atoms with Gasteiger partial charge in [0.1, 0.15) is 5.84 Å². The first-order valence-corrected chi connectivity index (χ1v) is 15.0. The van der Waals surface area contributed by atoms with Crippen LogP contribution in [-0.4, -0.2) is 5.84 Å². The summed E-state index contributed by atoms with van der Waals surface area (Å²) in [6.45, 7) is 0.561. The van der Waals surface area contributed by atoms with Crippen LogP contribution < -0.4 is 5.73 Å². The second-order valence-electron chi connectivity index (χ2n) is 11.3. The van der Waals surface area contributed by atoms with Crippen LogP contribution in [0.1, 0.15) is 11.1 Å². The maximum Gasteiger partial charge on any atom is 0.125 e. The van der Waals surface area contributed by atoms with Crippen molar-refractivity contribution in [2.24, 2.45) is 10.7 Å². The van der Waals surface area contributed by atoms with Crippen LogP contribution in [0.5, 0.6) is 0 Å². The molecule has 0 aliphatic rings. The van der Waals surface area contributed by atoms with Gasteiger partial charge >= 0.3 is 0 Å². The second kappa shape index (κ2) is 10.8. The van der Waals surface area contributed by atoms with Crippen LogP contribution in [0.25, 0.3) is 65.3 Å². The molecule has 0 aliphatic heterocycles. The number of nitrogens with zero attached hydrogens (tertiary/aromatic N) is 1. The molecule has 0 amide bonds. The molecule has 44 heavy (non-hydrogen) atoms. The van der Waals surface area contributed by atoms with Crippen LogP contribution in [0.2, 0.25) is 0 Å². The zero-order valence-corrected chi connectivity index (χ0v) is 24.2. The highest BCUT2D eigenvalue weighted by Gasteiger charge is 2.15. The Kier molecular flexibility index (Phi) is 6.39. The summed E-state index contributed by atoms with van der Waals surface area (Å²) in [4.78, 5) is 4.68. The molecule has 2 nitrogen and oxygen atoms in total. The van der Waals surface area contributed by atoms with Crippen LogP contribution in [0.15, 0.2) is 163 Å². The number of hydrogen-bond donors (Lipinski definition) is 1. The largest absolute Gasteiger partial charge is 0.383 e. The number of aliphatic imine (C=N–C) groups is 1. The van der Waals surface area contributed by atoms with E-state index in [1.54, 1.807) is 0 Å². The molecule has 8 aromatic rings. The van der Waals surface area contributed by atoms with Gasteiger partial charge in [0.25, 0.3) is 0 Å². The van der Waals surface area contributed by atoms with E-state index < -0.39 is 0 Å². The number of amidine groups is 1. The first kappa shape index (κ1) is 25.9. The Morgan fingerprint density at radius 3 is 1.80 bits per heavy atom. The van der Waals surface area contributed by atoms with Crippen molar-refractivity contribution in [2.75, 3.05) is 0 Å². The molecule has 208 valence electrons. The van der Waals surface area contributed by atoms with Crippen LogP contribution in [0.4, 0.5) is 0 Å². The number of benzene rings is 8. The number of nitrogens with two attached hydrogens (primary N) is 1. The molecule has 0 atom stereocenters. The van der Waals surface area contributed by atoms with Crippen LogP contribution in [0, 0.1) is 0 Å². The predicted molar refractivity (Wildman–Crippen MR) is 188 cm³/mol. The van der Waals surface area contributed by atoms with Crippen molar-refractivity contribution in [3.63, 3.8) is 0 Å². The normalized spacial score (nSPS) is 12.0. The highest BCUT2D eigenvalue weighted by Crippen LogP contribution is 2.43. The second-order valence-corrected chi connectivity index (χ2v) is 11.3.